The lowest BCUT2D eigenvalue weighted by Crippen LogP contribution is -2.15. The molecule has 3 N–H and O–H groups in total. The van der Waals surface area contributed by atoms with E-state index in [1.54, 1.807) is 7.11 Å². The van der Waals surface area contributed by atoms with Crippen LogP contribution in [0.1, 0.15) is 16.7 Å². The van der Waals surface area contributed by atoms with Gasteiger partial charge in [-0.1, -0.05) is 12.1 Å². The highest BCUT2D eigenvalue weighted by Gasteiger charge is 2.10. The van der Waals surface area contributed by atoms with Gasteiger partial charge in [-0.25, -0.2) is 0 Å². The second-order valence-electron chi connectivity index (χ2n) is 5.39. The molecule has 3 aromatic rings. The molecule has 0 saturated heterocycles. The standard InChI is InChI=1S/C18H18N2O2/c1-11-15-8-7-14(22-2)10-17(15)20-18(21)16(11)9-12-3-5-13(19)6-4-12/h3-8,10H,9,19H2,1-2H3,(H,20,21). The third-order valence-electron chi connectivity index (χ3n) is 3.97. The molecule has 3 rings (SSSR count). The molecule has 1 aromatic heterocycles. The molecule has 0 aliphatic heterocycles. The van der Waals surface area contributed by atoms with Gasteiger partial charge in [0.1, 0.15) is 5.75 Å². The Bertz CT molecular complexity index is 880. The van der Waals surface area contributed by atoms with E-state index in [-0.39, 0.29) is 5.56 Å². The lowest BCUT2D eigenvalue weighted by Gasteiger charge is -2.10. The van der Waals surface area contributed by atoms with Crippen molar-refractivity contribution in [3.8, 4) is 5.75 Å². The van der Waals surface area contributed by atoms with Gasteiger partial charge in [-0.05, 0) is 42.3 Å². The summed E-state index contributed by atoms with van der Waals surface area (Å²) in [5.74, 6) is 0.730. The van der Waals surface area contributed by atoms with Gasteiger partial charge in [-0.15, -0.1) is 0 Å². The van der Waals surface area contributed by atoms with E-state index in [0.29, 0.717) is 6.42 Å². The van der Waals surface area contributed by atoms with Gasteiger partial charge in [-0.2, -0.15) is 0 Å². The number of aromatic nitrogens is 1. The summed E-state index contributed by atoms with van der Waals surface area (Å²) < 4.78 is 5.21. The van der Waals surface area contributed by atoms with Crippen molar-refractivity contribution in [1.29, 1.82) is 0 Å². The van der Waals surface area contributed by atoms with Crippen molar-refractivity contribution in [2.45, 2.75) is 13.3 Å². The molecule has 0 aliphatic rings. The van der Waals surface area contributed by atoms with Crippen molar-refractivity contribution in [1.82, 2.24) is 4.98 Å². The van der Waals surface area contributed by atoms with Crippen LogP contribution in [0.25, 0.3) is 10.9 Å². The third kappa shape index (κ3) is 2.55. The first-order valence-electron chi connectivity index (χ1n) is 7.12. The Morgan fingerprint density at radius 1 is 1.14 bits per heavy atom. The number of fused-ring (bicyclic) bond motifs is 1. The number of hydrogen-bond donors (Lipinski definition) is 2. The first kappa shape index (κ1) is 14.2. The highest BCUT2D eigenvalue weighted by molar-refractivity contribution is 5.84. The number of benzene rings is 2. The fourth-order valence-electron chi connectivity index (χ4n) is 2.66. The summed E-state index contributed by atoms with van der Waals surface area (Å²) in [7, 11) is 1.61. The predicted octanol–water partition coefficient (Wildman–Crippen LogP) is 3.02. The molecule has 4 heteroatoms. The van der Waals surface area contributed by atoms with Gasteiger partial charge in [0.15, 0.2) is 0 Å². The predicted molar refractivity (Wildman–Crippen MR) is 89.5 cm³/mol. The van der Waals surface area contributed by atoms with Gasteiger partial charge < -0.3 is 15.5 Å². The summed E-state index contributed by atoms with van der Waals surface area (Å²) in [6, 6.07) is 13.3. The maximum atomic E-state index is 12.4. The summed E-state index contributed by atoms with van der Waals surface area (Å²) >= 11 is 0. The smallest absolute Gasteiger partial charge is 0.252 e. The Balaban J connectivity index is 2.10. The molecule has 1 heterocycles. The van der Waals surface area contributed by atoms with Crippen LogP contribution in [0, 0.1) is 6.92 Å². The summed E-state index contributed by atoms with van der Waals surface area (Å²) in [5.41, 5.74) is 10.0. The molecule has 0 saturated carbocycles. The molecule has 0 radical (unpaired) electrons. The second kappa shape index (κ2) is 5.56. The Hall–Kier alpha value is -2.75. The van der Waals surface area contributed by atoms with Gasteiger partial charge in [0.05, 0.1) is 12.6 Å². The number of ether oxygens (including phenoxy) is 1. The average molecular weight is 294 g/mol. The van der Waals surface area contributed by atoms with Crippen LogP contribution in [-0.2, 0) is 6.42 Å². The van der Waals surface area contributed by atoms with Crippen LogP contribution in [0.3, 0.4) is 0 Å². The number of nitrogens with two attached hydrogens (primary N) is 1. The Kier molecular flexibility index (Phi) is 3.59. The van der Waals surface area contributed by atoms with Gasteiger partial charge >= 0.3 is 0 Å². The van der Waals surface area contributed by atoms with Crippen molar-refractivity contribution >= 4 is 16.6 Å². The zero-order valence-corrected chi connectivity index (χ0v) is 12.6. The van der Waals surface area contributed by atoms with Crippen molar-refractivity contribution in [3.05, 3.63) is 69.5 Å². The van der Waals surface area contributed by atoms with Crippen LogP contribution >= 0.6 is 0 Å². The van der Waals surface area contributed by atoms with E-state index in [2.05, 4.69) is 4.98 Å². The molecule has 0 unspecified atom stereocenters. The number of H-pyrrole nitrogens is 1. The number of nitrogen functional groups attached to an aromatic ring is 1. The molecule has 0 aliphatic carbocycles. The second-order valence-corrected chi connectivity index (χ2v) is 5.39. The lowest BCUT2D eigenvalue weighted by atomic mass is 9.98. The number of methoxy groups -OCH3 is 1. The van der Waals surface area contributed by atoms with Crippen LogP contribution in [-0.4, -0.2) is 12.1 Å². The molecule has 0 bridgehead atoms. The zero-order chi connectivity index (χ0) is 15.7. The van der Waals surface area contributed by atoms with Crippen LogP contribution in [0.5, 0.6) is 5.75 Å². The fraction of sp³-hybridized carbons (Fsp3) is 0.167. The number of hydrogen-bond acceptors (Lipinski definition) is 3. The van der Waals surface area contributed by atoms with Crippen LogP contribution in [0.15, 0.2) is 47.3 Å². The largest absolute Gasteiger partial charge is 0.497 e. The quantitative estimate of drug-likeness (QED) is 0.730. The topological polar surface area (TPSA) is 68.1 Å². The lowest BCUT2D eigenvalue weighted by molar-refractivity contribution is 0.415. The molecular weight excluding hydrogens is 276 g/mol. The summed E-state index contributed by atoms with van der Waals surface area (Å²) in [4.78, 5) is 15.3. The van der Waals surface area contributed by atoms with E-state index >= 15 is 0 Å². The molecule has 4 nitrogen and oxygen atoms in total. The first-order chi connectivity index (χ1) is 10.6. The highest BCUT2D eigenvalue weighted by atomic mass is 16.5. The Morgan fingerprint density at radius 3 is 2.55 bits per heavy atom. The van der Waals surface area contributed by atoms with Crippen molar-refractivity contribution in [3.63, 3.8) is 0 Å². The van der Waals surface area contributed by atoms with Crippen LogP contribution < -0.4 is 16.0 Å². The number of anilines is 1. The number of rotatable bonds is 3. The number of aryl methyl sites for hydroxylation is 1. The number of aromatic amines is 1. The molecule has 2 aromatic carbocycles. The normalized spacial score (nSPS) is 10.8. The molecule has 0 spiro atoms. The summed E-state index contributed by atoms with van der Waals surface area (Å²) in [5, 5.41) is 1.03. The minimum atomic E-state index is -0.0601. The van der Waals surface area contributed by atoms with E-state index in [1.165, 1.54) is 0 Å². The summed E-state index contributed by atoms with van der Waals surface area (Å²) in [6.07, 6.45) is 0.587. The molecule has 0 atom stereocenters. The maximum absolute atomic E-state index is 12.4. The van der Waals surface area contributed by atoms with E-state index in [0.717, 1.165) is 39.0 Å². The molecule has 0 amide bonds. The molecular formula is C18H18N2O2. The minimum absolute atomic E-state index is 0.0601. The van der Waals surface area contributed by atoms with Crippen molar-refractivity contribution in [2.75, 3.05) is 12.8 Å². The monoisotopic (exact) mass is 294 g/mol. The van der Waals surface area contributed by atoms with Gasteiger partial charge in [0.25, 0.3) is 5.56 Å². The fourth-order valence-corrected chi connectivity index (χ4v) is 2.66. The third-order valence-corrected chi connectivity index (χ3v) is 3.97. The van der Waals surface area contributed by atoms with Crippen molar-refractivity contribution < 1.29 is 4.74 Å². The van der Waals surface area contributed by atoms with E-state index in [4.69, 9.17) is 10.5 Å². The highest BCUT2D eigenvalue weighted by Crippen LogP contribution is 2.23. The maximum Gasteiger partial charge on any atom is 0.252 e. The number of nitrogens with one attached hydrogen (secondary N) is 1. The number of pyridine rings is 1. The van der Waals surface area contributed by atoms with Crippen LogP contribution in [0.4, 0.5) is 5.69 Å². The van der Waals surface area contributed by atoms with E-state index < -0.39 is 0 Å². The minimum Gasteiger partial charge on any atom is -0.497 e. The molecule has 22 heavy (non-hydrogen) atoms. The Labute approximate surface area is 128 Å². The van der Waals surface area contributed by atoms with Gasteiger partial charge in [0, 0.05) is 29.1 Å². The van der Waals surface area contributed by atoms with Crippen LogP contribution in [0.2, 0.25) is 0 Å². The first-order valence-corrected chi connectivity index (χ1v) is 7.12. The Morgan fingerprint density at radius 2 is 1.86 bits per heavy atom. The van der Waals surface area contributed by atoms with Gasteiger partial charge in [0.2, 0.25) is 0 Å². The molecule has 0 fully saturated rings. The zero-order valence-electron chi connectivity index (χ0n) is 12.6. The van der Waals surface area contributed by atoms with Gasteiger partial charge in [-0.3, -0.25) is 4.79 Å². The SMILES string of the molecule is COc1ccc2c(C)c(Cc3ccc(N)cc3)c(=O)[nH]c2c1. The average Bonchev–Trinajstić information content (AvgIpc) is 2.52. The van der Waals surface area contributed by atoms with E-state index in [1.807, 2.05) is 49.4 Å². The molecule has 112 valence electrons. The van der Waals surface area contributed by atoms with Crippen molar-refractivity contribution in [2.24, 2.45) is 0 Å². The summed E-state index contributed by atoms with van der Waals surface area (Å²) in [6.45, 7) is 1.98. The van der Waals surface area contributed by atoms with E-state index in [9.17, 15) is 4.79 Å².